The molecule has 21 heavy (non-hydrogen) atoms. The lowest BCUT2D eigenvalue weighted by molar-refractivity contribution is -0.115. The number of amides is 1. The first-order valence-corrected chi connectivity index (χ1v) is 7.50. The molecule has 0 unspecified atom stereocenters. The van der Waals surface area contributed by atoms with Crippen LogP contribution in [0.3, 0.4) is 0 Å². The fourth-order valence-corrected chi connectivity index (χ4v) is 2.82. The Morgan fingerprint density at radius 2 is 2.38 bits per heavy atom. The third-order valence-electron chi connectivity index (χ3n) is 3.11. The van der Waals surface area contributed by atoms with E-state index in [4.69, 9.17) is 4.52 Å². The summed E-state index contributed by atoms with van der Waals surface area (Å²) in [6.07, 6.45) is 1.96. The number of aromatic nitrogens is 4. The summed E-state index contributed by atoms with van der Waals surface area (Å²) in [6, 6.07) is 1.86. The minimum atomic E-state index is -0.408. The highest BCUT2D eigenvalue weighted by molar-refractivity contribution is 8.00. The van der Waals surface area contributed by atoms with Gasteiger partial charge in [-0.25, -0.2) is 9.89 Å². The Morgan fingerprint density at radius 1 is 1.62 bits per heavy atom. The molecule has 9 heteroatoms. The molecule has 0 bridgehead atoms. The van der Waals surface area contributed by atoms with E-state index in [1.165, 1.54) is 11.8 Å². The van der Waals surface area contributed by atoms with Gasteiger partial charge in [0, 0.05) is 12.1 Å². The van der Waals surface area contributed by atoms with Crippen molar-refractivity contribution in [1.29, 1.82) is 0 Å². The molecule has 1 atom stereocenters. The summed E-state index contributed by atoms with van der Waals surface area (Å²) in [4.78, 5) is 23.8. The lowest BCUT2D eigenvalue weighted by Gasteiger charge is -2.10. The molecule has 0 aromatic carbocycles. The first-order chi connectivity index (χ1) is 10.0. The van der Waals surface area contributed by atoms with Crippen molar-refractivity contribution in [2.45, 2.75) is 43.1 Å². The van der Waals surface area contributed by atoms with Gasteiger partial charge in [0.1, 0.15) is 5.76 Å². The zero-order valence-electron chi connectivity index (χ0n) is 11.6. The van der Waals surface area contributed by atoms with Crippen molar-refractivity contribution in [2.24, 2.45) is 0 Å². The number of rotatable bonds is 5. The lowest BCUT2D eigenvalue weighted by atomic mass is 10.4. The molecular weight excluding hydrogens is 294 g/mol. The molecule has 1 amide bonds. The fraction of sp³-hybridized carbons (Fsp3) is 0.500. The molecule has 2 N–H and O–H groups in total. The van der Waals surface area contributed by atoms with E-state index < -0.39 is 5.25 Å². The molecule has 2 aromatic rings. The second-order valence-electron chi connectivity index (χ2n) is 4.98. The van der Waals surface area contributed by atoms with Crippen LogP contribution >= 0.6 is 11.8 Å². The highest BCUT2D eigenvalue weighted by atomic mass is 32.2. The van der Waals surface area contributed by atoms with Gasteiger partial charge >= 0.3 is 5.69 Å². The summed E-state index contributed by atoms with van der Waals surface area (Å²) < 4.78 is 6.51. The van der Waals surface area contributed by atoms with Gasteiger partial charge in [0.25, 0.3) is 0 Å². The highest BCUT2D eigenvalue weighted by Crippen LogP contribution is 2.36. The Labute approximate surface area is 124 Å². The smallest absolute Gasteiger partial charge is 0.344 e. The maximum atomic E-state index is 12.1. The van der Waals surface area contributed by atoms with Crippen LogP contribution in [-0.4, -0.2) is 31.1 Å². The van der Waals surface area contributed by atoms with Crippen LogP contribution in [-0.2, 0) is 4.79 Å². The third-order valence-corrected chi connectivity index (χ3v) is 4.18. The van der Waals surface area contributed by atoms with Gasteiger partial charge in [-0.05, 0) is 26.7 Å². The second kappa shape index (κ2) is 5.40. The molecule has 1 aliphatic rings. The van der Waals surface area contributed by atoms with Crippen molar-refractivity contribution in [1.82, 2.24) is 19.9 Å². The molecule has 1 fully saturated rings. The molecule has 0 radical (unpaired) electrons. The fourth-order valence-electron chi connectivity index (χ4n) is 1.89. The first-order valence-electron chi connectivity index (χ1n) is 6.62. The standard InChI is InChI=1S/C12H15N5O3S/c1-6-5-9(16-20-6)13-10(18)7(2)21-12-15-14-11(19)17(12)8-3-4-8/h5,7-8H,3-4H2,1-2H3,(H,14,19)(H,13,16,18)/t7-/m1/s1. The number of hydrogen-bond acceptors (Lipinski definition) is 6. The van der Waals surface area contributed by atoms with E-state index >= 15 is 0 Å². The Morgan fingerprint density at radius 3 is 3.00 bits per heavy atom. The Balaban J connectivity index is 1.67. The number of carbonyl (C=O) groups is 1. The Hall–Kier alpha value is -2.03. The number of aryl methyl sites for hydroxylation is 1. The summed E-state index contributed by atoms with van der Waals surface area (Å²) in [6.45, 7) is 3.50. The zero-order valence-corrected chi connectivity index (χ0v) is 12.4. The van der Waals surface area contributed by atoms with Crippen molar-refractivity contribution < 1.29 is 9.32 Å². The van der Waals surface area contributed by atoms with Crippen LogP contribution < -0.4 is 11.0 Å². The summed E-state index contributed by atoms with van der Waals surface area (Å²) in [5, 5.41) is 12.9. The molecule has 8 nitrogen and oxygen atoms in total. The molecule has 1 saturated carbocycles. The van der Waals surface area contributed by atoms with E-state index in [1.54, 1.807) is 24.5 Å². The largest absolute Gasteiger partial charge is 0.360 e. The van der Waals surface area contributed by atoms with Gasteiger partial charge in [-0.1, -0.05) is 16.9 Å². The number of carbonyl (C=O) groups excluding carboxylic acids is 1. The lowest BCUT2D eigenvalue weighted by Crippen LogP contribution is -2.23. The van der Waals surface area contributed by atoms with Crippen LogP contribution in [0.2, 0.25) is 0 Å². The number of aromatic amines is 1. The van der Waals surface area contributed by atoms with Crippen LogP contribution in [0.1, 0.15) is 31.6 Å². The van der Waals surface area contributed by atoms with E-state index in [0.717, 1.165) is 12.8 Å². The zero-order chi connectivity index (χ0) is 15.0. The van der Waals surface area contributed by atoms with Gasteiger partial charge in [0.05, 0.1) is 5.25 Å². The van der Waals surface area contributed by atoms with Crippen molar-refractivity contribution in [3.05, 3.63) is 22.3 Å². The average molecular weight is 309 g/mol. The van der Waals surface area contributed by atoms with Crippen LogP contribution in [0.5, 0.6) is 0 Å². The number of thioether (sulfide) groups is 1. The average Bonchev–Trinajstić information content (AvgIpc) is 3.09. The summed E-state index contributed by atoms with van der Waals surface area (Å²) >= 11 is 1.24. The van der Waals surface area contributed by atoms with Crippen molar-refractivity contribution in [2.75, 3.05) is 5.32 Å². The summed E-state index contributed by atoms with van der Waals surface area (Å²) in [7, 11) is 0. The monoisotopic (exact) mass is 309 g/mol. The topological polar surface area (TPSA) is 106 Å². The molecule has 2 heterocycles. The number of anilines is 1. The van der Waals surface area contributed by atoms with Crippen LogP contribution in [0, 0.1) is 6.92 Å². The number of nitrogens with zero attached hydrogens (tertiary/aromatic N) is 3. The quantitative estimate of drug-likeness (QED) is 0.807. The number of H-pyrrole nitrogens is 1. The third kappa shape index (κ3) is 3.02. The van der Waals surface area contributed by atoms with Gasteiger partial charge in [-0.3, -0.25) is 9.36 Å². The maximum Gasteiger partial charge on any atom is 0.344 e. The normalized spacial score (nSPS) is 15.9. The maximum absolute atomic E-state index is 12.1. The Bertz CT molecular complexity index is 715. The van der Waals surface area contributed by atoms with Crippen molar-refractivity contribution >= 4 is 23.5 Å². The molecular formula is C12H15N5O3S. The number of hydrogen-bond donors (Lipinski definition) is 2. The molecule has 2 aromatic heterocycles. The van der Waals surface area contributed by atoms with Gasteiger partial charge in [-0.2, -0.15) is 0 Å². The predicted molar refractivity (Wildman–Crippen MR) is 76.3 cm³/mol. The number of nitrogens with one attached hydrogen (secondary N) is 2. The molecule has 0 aliphatic heterocycles. The van der Waals surface area contributed by atoms with E-state index in [9.17, 15) is 9.59 Å². The minimum absolute atomic E-state index is 0.215. The minimum Gasteiger partial charge on any atom is -0.360 e. The van der Waals surface area contributed by atoms with Crippen molar-refractivity contribution in [3.63, 3.8) is 0 Å². The van der Waals surface area contributed by atoms with Gasteiger partial charge in [0.15, 0.2) is 11.0 Å². The summed E-state index contributed by atoms with van der Waals surface area (Å²) in [5.41, 5.74) is -0.222. The van der Waals surface area contributed by atoms with Crippen LogP contribution in [0.25, 0.3) is 0 Å². The Kier molecular flexibility index (Phi) is 3.58. The van der Waals surface area contributed by atoms with Gasteiger partial charge < -0.3 is 9.84 Å². The molecule has 0 spiro atoms. The van der Waals surface area contributed by atoms with E-state index in [1.807, 2.05) is 0 Å². The highest BCUT2D eigenvalue weighted by Gasteiger charge is 2.30. The van der Waals surface area contributed by atoms with E-state index in [0.29, 0.717) is 16.7 Å². The predicted octanol–water partition coefficient (Wildman–Crippen LogP) is 1.32. The van der Waals surface area contributed by atoms with Gasteiger partial charge in [-0.15, -0.1) is 5.10 Å². The van der Waals surface area contributed by atoms with E-state index in [-0.39, 0.29) is 17.6 Å². The van der Waals surface area contributed by atoms with Crippen LogP contribution in [0.4, 0.5) is 5.82 Å². The van der Waals surface area contributed by atoms with Gasteiger partial charge in [0.2, 0.25) is 5.91 Å². The van der Waals surface area contributed by atoms with Crippen LogP contribution in [0.15, 0.2) is 20.5 Å². The van der Waals surface area contributed by atoms with E-state index in [2.05, 4.69) is 20.7 Å². The second-order valence-corrected chi connectivity index (χ2v) is 6.29. The molecule has 0 saturated heterocycles. The molecule has 3 rings (SSSR count). The van der Waals surface area contributed by atoms with Crippen molar-refractivity contribution in [3.8, 4) is 0 Å². The SMILES string of the molecule is Cc1cc(NC(=O)[C@@H](C)Sc2n[nH]c(=O)n2C2CC2)no1. The molecule has 1 aliphatic carbocycles. The summed E-state index contributed by atoms with van der Waals surface area (Å²) in [5.74, 6) is 0.790. The molecule has 112 valence electrons. The first kappa shape index (κ1) is 13.9.